The van der Waals surface area contributed by atoms with E-state index in [1.807, 2.05) is 0 Å². The van der Waals surface area contributed by atoms with Gasteiger partial charge in [-0.05, 0) is 12.1 Å². The Balaban J connectivity index is 1.95. The lowest BCUT2D eigenvalue weighted by Gasteiger charge is -2.04. The second-order valence-corrected chi connectivity index (χ2v) is 2.80. The molecule has 1 unspecified atom stereocenters. The summed E-state index contributed by atoms with van der Waals surface area (Å²) < 4.78 is 4.90. The minimum atomic E-state index is -0.387. The van der Waals surface area contributed by atoms with E-state index in [2.05, 4.69) is 20.7 Å². The molecule has 0 bridgehead atoms. The summed E-state index contributed by atoms with van der Waals surface area (Å²) in [5, 5.41) is 14.0. The highest BCUT2D eigenvalue weighted by Gasteiger charge is 2.23. The fourth-order valence-corrected chi connectivity index (χ4v) is 1.12. The summed E-state index contributed by atoms with van der Waals surface area (Å²) in [4.78, 5) is 12.1. The number of ether oxygens (including phenoxy) is 1. The maximum atomic E-state index is 10.6. The van der Waals surface area contributed by atoms with Crippen LogP contribution in [0.3, 0.4) is 0 Å². The van der Waals surface area contributed by atoms with Crippen molar-refractivity contribution in [2.75, 3.05) is 6.54 Å². The molecule has 1 amide bonds. The van der Waals surface area contributed by atoms with Crippen LogP contribution in [0.5, 0.6) is 0 Å². The fourth-order valence-electron chi connectivity index (χ4n) is 1.12. The molecular formula is C6H9N5O2. The molecule has 1 aliphatic heterocycles. The molecule has 1 saturated heterocycles. The van der Waals surface area contributed by atoms with Crippen LogP contribution in [0.15, 0.2) is 0 Å². The minimum Gasteiger partial charge on any atom is -0.442 e. The lowest BCUT2D eigenvalue weighted by molar-refractivity contribution is 0.125. The summed E-state index contributed by atoms with van der Waals surface area (Å²) in [6.45, 7) is 2.70. The average molecular weight is 183 g/mol. The second-order valence-electron chi connectivity index (χ2n) is 2.80. The van der Waals surface area contributed by atoms with Crippen molar-refractivity contribution in [2.24, 2.45) is 0 Å². The van der Waals surface area contributed by atoms with Crippen molar-refractivity contribution in [3.8, 4) is 0 Å². The van der Waals surface area contributed by atoms with E-state index in [0.29, 0.717) is 18.9 Å². The van der Waals surface area contributed by atoms with Crippen LogP contribution in [-0.4, -0.2) is 38.9 Å². The molecule has 0 saturated carbocycles. The third-order valence-corrected chi connectivity index (χ3v) is 1.67. The van der Waals surface area contributed by atoms with E-state index in [0.717, 1.165) is 0 Å². The summed E-state index contributed by atoms with van der Waals surface area (Å²) in [6.07, 6.45) is -0.581. The monoisotopic (exact) mass is 183 g/mol. The van der Waals surface area contributed by atoms with Gasteiger partial charge in [0.1, 0.15) is 12.6 Å². The number of hydrogen-bond acceptors (Lipinski definition) is 5. The Hall–Kier alpha value is -1.66. The van der Waals surface area contributed by atoms with Gasteiger partial charge < -0.3 is 10.1 Å². The van der Waals surface area contributed by atoms with Gasteiger partial charge in [0.2, 0.25) is 0 Å². The number of aryl methyl sites for hydroxylation is 1. The zero-order valence-electron chi connectivity index (χ0n) is 7.10. The average Bonchev–Trinajstić information content (AvgIpc) is 2.62. The van der Waals surface area contributed by atoms with E-state index < -0.39 is 0 Å². The highest BCUT2D eigenvalue weighted by atomic mass is 16.6. The van der Waals surface area contributed by atoms with Gasteiger partial charge in [0.25, 0.3) is 0 Å². The Morgan fingerprint density at radius 3 is 3.15 bits per heavy atom. The first-order valence-corrected chi connectivity index (χ1v) is 3.93. The molecule has 1 atom stereocenters. The largest absolute Gasteiger partial charge is 0.442 e. The van der Waals surface area contributed by atoms with E-state index in [-0.39, 0.29) is 12.2 Å². The van der Waals surface area contributed by atoms with Gasteiger partial charge in [0.05, 0.1) is 6.54 Å². The summed E-state index contributed by atoms with van der Waals surface area (Å²) in [6, 6.07) is 0. The first-order chi connectivity index (χ1) is 6.24. The van der Waals surface area contributed by atoms with Crippen LogP contribution in [-0.2, 0) is 11.3 Å². The molecule has 7 heteroatoms. The Kier molecular flexibility index (Phi) is 1.84. The van der Waals surface area contributed by atoms with Crippen LogP contribution in [0.4, 0.5) is 4.79 Å². The van der Waals surface area contributed by atoms with Crippen LogP contribution in [0.1, 0.15) is 5.82 Å². The van der Waals surface area contributed by atoms with Crippen molar-refractivity contribution in [1.29, 1.82) is 0 Å². The number of tetrazole rings is 1. The zero-order chi connectivity index (χ0) is 9.26. The lowest BCUT2D eigenvalue weighted by Crippen LogP contribution is -2.22. The molecule has 1 aromatic heterocycles. The number of carbonyl (C=O) groups is 1. The molecular weight excluding hydrogens is 174 g/mol. The van der Waals surface area contributed by atoms with E-state index in [4.69, 9.17) is 4.74 Å². The molecule has 1 aromatic rings. The number of rotatable bonds is 2. The van der Waals surface area contributed by atoms with Gasteiger partial charge in [-0.25, -0.2) is 4.79 Å². The van der Waals surface area contributed by atoms with E-state index in [1.54, 1.807) is 6.92 Å². The van der Waals surface area contributed by atoms with Crippen molar-refractivity contribution in [1.82, 2.24) is 25.5 Å². The van der Waals surface area contributed by atoms with Gasteiger partial charge >= 0.3 is 6.09 Å². The van der Waals surface area contributed by atoms with Gasteiger partial charge in [-0.3, -0.25) is 0 Å². The van der Waals surface area contributed by atoms with Crippen molar-refractivity contribution < 1.29 is 9.53 Å². The topological polar surface area (TPSA) is 81.9 Å². The van der Waals surface area contributed by atoms with Crippen LogP contribution < -0.4 is 5.32 Å². The third kappa shape index (κ3) is 1.74. The van der Waals surface area contributed by atoms with E-state index >= 15 is 0 Å². The molecule has 7 nitrogen and oxygen atoms in total. The van der Waals surface area contributed by atoms with Crippen molar-refractivity contribution in [3.63, 3.8) is 0 Å². The molecule has 1 N–H and O–H groups in total. The third-order valence-electron chi connectivity index (χ3n) is 1.67. The molecule has 1 fully saturated rings. The number of amides is 1. The van der Waals surface area contributed by atoms with Crippen molar-refractivity contribution in [2.45, 2.75) is 19.6 Å². The first-order valence-electron chi connectivity index (χ1n) is 3.93. The number of carbonyl (C=O) groups excluding carboxylic acids is 1. The van der Waals surface area contributed by atoms with Gasteiger partial charge in [-0.15, -0.1) is 10.2 Å². The standard InChI is InChI=1S/C6H9N5O2/c1-4-8-10-11(9-4)3-5-2-7-6(12)13-5/h5H,2-3H2,1H3,(H,7,12). The molecule has 0 spiro atoms. The molecule has 0 aliphatic carbocycles. The summed E-state index contributed by atoms with van der Waals surface area (Å²) in [5.41, 5.74) is 0. The van der Waals surface area contributed by atoms with Crippen LogP contribution in [0.25, 0.3) is 0 Å². The van der Waals surface area contributed by atoms with E-state index in [1.165, 1.54) is 4.80 Å². The zero-order valence-corrected chi connectivity index (χ0v) is 7.10. The van der Waals surface area contributed by atoms with Gasteiger partial charge in [-0.1, -0.05) is 0 Å². The predicted molar refractivity (Wildman–Crippen MR) is 40.8 cm³/mol. The Morgan fingerprint density at radius 1 is 1.77 bits per heavy atom. The quantitative estimate of drug-likeness (QED) is 0.641. The van der Waals surface area contributed by atoms with Crippen molar-refractivity contribution >= 4 is 6.09 Å². The number of nitrogens with one attached hydrogen (secondary N) is 1. The first kappa shape index (κ1) is 7.96. The number of cyclic esters (lactones) is 1. The van der Waals surface area contributed by atoms with Crippen molar-refractivity contribution in [3.05, 3.63) is 5.82 Å². The minimum absolute atomic E-state index is 0.193. The number of alkyl carbamates (subject to hydrolysis) is 1. The van der Waals surface area contributed by atoms with Crippen LogP contribution in [0, 0.1) is 6.92 Å². The Morgan fingerprint density at radius 2 is 2.62 bits per heavy atom. The number of aromatic nitrogens is 4. The maximum Gasteiger partial charge on any atom is 0.407 e. The second kappa shape index (κ2) is 3.00. The van der Waals surface area contributed by atoms with Crippen LogP contribution in [0.2, 0.25) is 0 Å². The highest BCUT2D eigenvalue weighted by Crippen LogP contribution is 2.01. The van der Waals surface area contributed by atoms with Gasteiger partial charge in [-0.2, -0.15) is 4.80 Å². The normalized spacial score (nSPS) is 21.3. The number of nitrogens with zero attached hydrogens (tertiary/aromatic N) is 4. The molecule has 0 radical (unpaired) electrons. The molecule has 2 heterocycles. The lowest BCUT2D eigenvalue weighted by atomic mass is 10.4. The smallest absolute Gasteiger partial charge is 0.407 e. The summed E-state index contributed by atoms with van der Waals surface area (Å²) in [5.74, 6) is 0.609. The fraction of sp³-hybridized carbons (Fsp3) is 0.667. The summed E-state index contributed by atoms with van der Waals surface area (Å²) >= 11 is 0. The van der Waals surface area contributed by atoms with E-state index in [9.17, 15) is 4.79 Å². The van der Waals surface area contributed by atoms with Gasteiger partial charge in [0.15, 0.2) is 5.82 Å². The maximum absolute atomic E-state index is 10.6. The molecule has 2 rings (SSSR count). The van der Waals surface area contributed by atoms with Crippen LogP contribution >= 0.6 is 0 Å². The molecule has 13 heavy (non-hydrogen) atoms. The molecule has 70 valence electrons. The predicted octanol–water partition coefficient (Wildman–Crippen LogP) is -0.910. The van der Waals surface area contributed by atoms with Gasteiger partial charge in [0, 0.05) is 0 Å². The Bertz CT molecular complexity index is 323. The Labute approximate surface area is 74.1 Å². The molecule has 1 aliphatic rings. The SMILES string of the molecule is Cc1nnn(CC2CNC(=O)O2)n1. The highest BCUT2D eigenvalue weighted by molar-refractivity contribution is 5.69. The molecule has 0 aromatic carbocycles. The number of hydrogen-bond donors (Lipinski definition) is 1. The summed E-state index contributed by atoms with van der Waals surface area (Å²) in [7, 11) is 0.